The van der Waals surface area contributed by atoms with Gasteiger partial charge < -0.3 is 19.7 Å². The maximum atomic E-state index is 13.3. The monoisotopic (exact) mass is 436 g/mol. The summed E-state index contributed by atoms with van der Waals surface area (Å²) in [6.07, 6.45) is 0.258. The van der Waals surface area contributed by atoms with Crippen molar-refractivity contribution in [3.05, 3.63) is 76.0 Å². The number of benzene rings is 2. The highest BCUT2D eigenvalue weighted by Gasteiger charge is 2.29. The molecule has 0 unspecified atom stereocenters. The number of aryl methyl sites for hydroxylation is 1. The minimum Gasteiger partial charge on any atom is -0.486 e. The molecule has 6 nitrogen and oxygen atoms in total. The van der Waals surface area contributed by atoms with Crippen molar-refractivity contribution in [2.24, 2.45) is 0 Å². The van der Waals surface area contributed by atoms with Crippen molar-refractivity contribution in [3.63, 3.8) is 0 Å². The normalized spacial score (nSPS) is 13.4. The Kier molecular flexibility index (Phi) is 6.23. The molecule has 4 rings (SSSR count). The van der Waals surface area contributed by atoms with Gasteiger partial charge in [-0.05, 0) is 36.1 Å². The van der Waals surface area contributed by atoms with Gasteiger partial charge in [-0.2, -0.15) is 0 Å². The largest absolute Gasteiger partial charge is 0.486 e. The summed E-state index contributed by atoms with van der Waals surface area (Å²) >= 11 is 1.53. The van der Waals surface area contributed by atoms with Crippen LogP contribution in [0.4, 0.5) is 5.69 Å². The van der Waals surface area contributed by atoms with Gasteiger partial charge in [-0.15, -0.1) is 11.3 Å². The average Bonchev–Trinajstić information content (AvgIpc) is 3.28. The van der Waals surface area contributed by atoms with Crippen molar-refractivity contribution >= 4 is 28.8 Å². The van der Waals surface area contributed by atoms with E-state index in [1.165, 1.54) is 16.2 Å². The highest BCUT2D eigenvalue weighted by atomic mass is 32.1. The molecule has 0 aliphatic carbocycles. The number of nitrogens with zero attached hydrogens (tertiary/aromatic N) is 1. The van der Waals surface area contributed by atoms with Crippen molar-refractivity contribution in [2.75, 3.05) is 25.6 Å². The summed E-state index contributed by atoms with van der Waals surface area (Å²) in [5.74, 6) is 0.841. The Labute approximate surface area is 185 Å². The Bertz CT molecular complexity index is 1060. The zero-order chi connectivity index (χ0) is 21.8. The number of anilines is 1. The van der Waals surface area contributed by atoms with Crippen LogP contribution in [0.3, 0.4) is 0 Å². The second-order valence-corrected chi connectivity index (χ2v) is 8.45. The van der Waals surface area contributed by atoms with Gasteiger partial charge in [0.15, 0.2) is 11.5 Å². The third-order valence-electron chi connectivity index (χ3n) is 5.14. The molecule has 1 atom stereocenters. The van der Waals surface area contributed by atoms with Crippen molar-refractivity contribution in [3.8, 4) is 11.5 Å². The molecule has 0 saturated heterocycles. The van der Waals surface area contributed by atoms with Crippen LogP contribution in [-0.2, 0) is 16.0 Å². The molecule has 3 aromatic rings. The second kappa shape index (κ2) is 9.22. The van der Waals surface area contributed by atoms with E-state index in [0.29, 0.717) is 30.4 Å². The quantitative estimate of drug-likeness (QED) is 0.629. The van der Waals surface area contributed by atoms with Gasteiger partial charge in [0, 0.05) is 23.7 Å². The van der Waals surface area contributed by atoms with Gasteiger partial charge in [0.1, 0.15) is 19.3 Å². The van der Waals surface area contributed by atoms with Crippen LogP contribution >= 0.6 is 11.3 Å². The number of rotatable bonds is 6. The first kappa shape index (κ1) is 20.9. The predicted molar refractivity (Wildman–Crippen MR) is 121 cm³/mol. The molecule has 0 spiro atoms. The number of carbonyl (C=O) groups is 2. The first-order chi connectivity index (χ1) is 15.0. The zero-order valence-corrected chi connectivity index (χ0v) is 18.3. The molecule has 1 N–H and O–H groups in total. The lowest BCUT2D eigenvalue weighted by Crippen LogP contribution is -2.39. The predicted octanol–water partition coefficient (Wildman–Crippen LogP) is 4.21. The second-order valence-electron chi connectivity index (χ2n) is 7.42. The molecule has 160 valence electrons. The lowest BCUT2D eigenvalue weighted by atomic mass is 10.0. The fraction of sp³-hybridized carbons (Fsp3) is 0.250. The van der Waals surface area contributed by atoms with Crippen LogP contribution in [0.1, 0.15) is 22.0 Å². The van der Waals surface area contributed by atoms with Crippen molar-refractivity contribution < 1.29 is 19.1 Å². The van der Waals surface area contributed by atoms with Gasteiger partial charge >= 0.3 is 0 Å². The number of fused-ring (bicyclic) bond motifs is 1. The minimum absolute atomic E-state index is 0.120. The molecule has 0 saturated carbocycles. The smallest absolute Gasteiger partial charge is 0.251 e. The van der Waals surface area contributed by atoms with Crippen LogP contribution in [0.5, 0.6) is 11.5 Å². The third kappa shape index (κ3) is 4.88. The summed E-state index contributed by atoms with van der Waals surface area (Å²) in [7, 11) is 1.67. The number of nitrogens with one attached hydrogen (secondary N) is 1. The summed E-state index contributed by atoms with van der Waals surface area (Å²) in [4.78, 5) is 28.8. The summed E-state index contributed by atoms with van der Waals surface area (Å²) < 4.78 is 11.2. The Morgan fingerprint density at radius 1 is 1.06 bits per heavy atom. The van der Waals surface area contributed by atoms with Crippen LogP contribution in [0, 0.1) is 6.92 Å². The summed E-state index contributed by atoms with van der Waals surface area (Å²) in [6.45, 7) is 2.96. The van der Waals surface area contributed by atoms with Crippen LogP contribution in [0.25, 0.3) is 0 Å². The number of amides is 2. The Morgan fingerprint density at radius 2 is 1.81 bits per heavy atom. The van der Waals surface area contributed by atoms with E-state index in [9.17, 15) is 9.59 Å². The van der Waals surface area contributed by atoms with E-state index in [1.807, 2.05) is 48.7 Å². The zero-order valence-electron chi connectivity index (χ0n) is 17.5. The van der Waals surface area contributed by atoms with E-state index in [2.05, 4.69) is 5.32 Å². The van der Waals surface area contributed by atoms with Crippen LogP contribution < -0.4 is 14.8 Å². The Hall–Kier alpha value is -3.32. The van der Waals surface area contributed by atoms with E-state index in [1.54, 1.807) is 25.2 Å². The SMILES string of the molecule is Cc1ccc([C@H](C(=O)Nc2ccc3c(c2)OCCO3)N(C)C(=O)Cc2cccs2)cc1. The average molecular weight is 437 g/mol. The number of thiophene rings is 1. The first-order valence-corrected chi connectivity index (χ1v) is 10.9. The number of carbonyl (C=O) groups excluding carboxylic acids is 2. The molecule has 2 aromatic carbocycles. The summed E-state index contributed by atoms with van der Waals surface area (Å²) in [5.41, 5.74) is 2.43. The van der Waals surface area contributed by atoms with E-state index >= 15 is 0 Å². The molecule has 0 fully saturated rings. The molecule has 2 heterocycles. The Balaban J connectivity index is 1.58. The fourth-order valence-corrected chi connectivity index (χ4v) is 4.16. The molecule has 7 heteroatoms. The molecular formula is C24H24N2O4S. The topological polar surface area (TPSA) is 67.9 Å². The van der Waals surface area contributed by atoms with Crippen molar-refractivity contribution in [1.29, 1.82) is 0 Å². The lowest BCUT2D eigenvalue weighted by molar-refractivity contribution is -0.136. The van der Waals surface area contributed by atoms with E-state index in [4.69, 9.17) is 9.47 Å². The van der Waals surface area contributed by atoms with Crippen LogP contribution in [-0.4, -0.2) is 37.0 Å². The maximum Gasteiger partial charge on any atom is 0.251 e. The molecule has 0 bridgehead atoms. The highest BCUT2D eigenvalue weighted by molar-refractivity contribution is 7.10. The number of hydrogen-bond donors (Lipinski definition) is 1. The van der Waals surface area contributed by atoms with Gasteiger partial charge in [-0.3, -0.25) is 9.59 Å². The van der Waals surface area contributed by atoms with Crippen molar-refractivity contribution in [2.45, 2.75) is 19.4 Å². The molecule has 1 aliphatic heterocycles. The van der Waals surface area contributed by atoms with Gasteiger partial charge in [0.25, 0.3) is 5.91 Å². The van der Waals surface area contributed by atoms with E-state index in [0.717, 1.165) is 16.0 Å². The van der Waals surface area contributed by atoms with E-state index in [-0.39, 0.29) is 18.2 Å². The minimum atomic E-state index is -0.763. The number of likely N-dealkylation sites (N-methyl/N-ethyl adjacent to an activating group) is 1. The molecule has 1 aliphatic rings. The van der Waals surface area contributed by atoms with Gasteiger partial charge in [-0.1, -0.05) is 35.9 Å². The molecule has 1 aromatic heterocycles. The highest BCUT2D eigenvalue weighted by Crippen LogP contribution is 2.33. The Morgan fingerprint density at radius 3 is 2.52 bits per heavy atom. The standard InChI is InChI=1S/C24H24N2O4S/c1-16-5-7-17(8-6-16)23(26(2)22(27)15-19-4-3-13-31-19)24(28)25-18-9-10-20-21(14-18)30-12-11-29-20/h3-10,13-14,23H,11-12,15H2,1-2H3,(H,25,28)/t23-/m1/s1. The third-order valence-corrected chi connectivity index (χ3v) is 6.01. The fourth-order valence-electron chi connectivity index (χ4n) is 3.46. The maximum absolute atomic E-state index is 13.3. The van der Waals surface area contributed by atoms with Crippen LogP contribution in [0.2, 0.25) is 0 Å². The van der Waals surface area contributed by atoms with Gasteiger partial charge in [0.05, 0.1) is 6.42 Å². The van der Waals surface area contributed by atoms with E-state index < -0.39 is 6.04 Å². The molecular weight excluding hydrogens is 412 g/mol. The molecule has 31 heavy (non-hydrogen) atoms. The molecule has 2 amide bonds. The summed E-state index contributed by atoms with van der Waals surface area (Å²) in [5, 5.41) is 4.87. The first-order valence-electron chi connectivity index (χ1n) is 10.1. The van der Waals surface area contributed by atoms with Crippen molar-refractivity contribution in [1.82, 2.24) is 4.90 Å². The van der Waals surface area contributed by atoms with Gasteiger partial charge in [-0.25, -0.2) is 0 Å². The molecule has 0 radical (unpaired) electrons. The number of ether oxygens (including phenoxy) is 2. The lowest BCUT2D eigenvalue weighted by Gasteiger charge is -2.28. The number of hydrogen-bond acceptors (Lipinski definition) is 5. The van der Waals surface area contributed by atoms with Gasteiger partial charge in [0.2, 0.25) is 5.91 Å². The summed E-state index contributed by atoms with van der Waals surface area (Å²) in [6, 6.07) is 16.0. The van der Waals surface area contributed by atoms with Crippen LogP contribution in [0.15, 0.2) is 60.0 Å².